The normalized spacial score (nSPS) is 27.2. The average molecular weight is 248 g/mol. The summed E-state index contributed by atoms with van der Waals surface area (Å²) in [5.74, 6) is 1.76. The van der Waals surface area contributed by atoms with Crippen LogP contribution in [0.15, 0.2) is 18.7 Å². The van der Waals surface area contributed by atoms with Gasteiger partial charge in [0.05, 0.1) is 6.33 Å². The van der Waals surface area contributed by atoms with Crippen molar-refractivity contribution in [3.8, 4) is 0 Å². The van der Waals surface area contributed by atoms with E-state index in [2.05, 4.69) is 10.3 Å². The Kier molecular flexibility index (Phi) is 3.32. The van der Waals surface area contributed by atoms with Crippen molar-refractivity contribution < 1.29 is 4.79 Å². The van der Waals surface area contributed by atoms with Gasteiger partial charge in [-0.15, -0.1) is 0 Å². The van der Waals surface area contributed by atoms with Crippen molar-refractivity contribution in [2.45, 2.75) is 19.4 Å². The minimum absolute atomic E-state index is 0.286. The van der Waals surface area contributed by atoms with Crippen molar-refractivity contribution in [3.63, 3.8) is 0 Å². The molecule has 3 heterocycles. The Morgan fingerprint density at radius 2 is 2.28 bits per heavy atom. The number of nitrogens with zero attached hydrogens (tertiary/aromatic N) is 3. The molecule has 3 rings (SSSR count). The Balaban J connectivity index is 1.50. The van der Waals surface area contributed by atoms with Gasteiger partial charge < -0.3 is 14.8 Å². The topological polar surface area (TPSA) is 50.2 Å². The van der Waals surface area contributed by atoms with Crippen LogP contribution in [0.5, 0.6) is 0 Å². The van der Waals surface area contributed by atoms with Crippen molar-refractivity contribution in [1.82, 2.24) is 19.8 Å². The van der Waals surface area contributed by atoms with Gasteiger partial charge in [0.25, 0.3) is 0 Å². The van der Waals surface area contributed by atoms with Gasteiger partial charge in [-0.1, -0.05) is 0 Å². The minimum Gasteiger partial charge on any atom is -0.342 e. The smallest absolute Gasteiger partial charge is 0.224 e. The molecular formula is C13H20N4O. The van der Waals surface area contributed by atoms with Crippen LogP contribution in [-0.2, 0) is 11.3 Å². The number of amides is 1. The molecule has 2 aliphatic rings. The van der Waals surface area contributed by atoms with Gasteiger partial charge in [0.15, 0.2) is 0 Å². The number of hydrogen-bond acceptors (Lipinski definition) is 3. The highest BCUT2D eigenvalue weighted by molar-refractivity contribution is 5.76. The van der Waals surface area contributed by atoms with Gasteiger partial charge in [-0.3, -0.25) is 4.79 Å². The van der Waals surface area contributed by atoms with E-state index < -0.39 is 0 Å². The Morgan fingerprint density at radius 3 is 3.11 bits per heavy atom. The maximum Gasteiger partial charge on any atom is 0.224 e. The Bertz CT molecular complexity index is 403. The summed E-state index contributed by atoms with van der Waals surface area (Å²) >= 11 is 0. The third kappa shape index (κ3) is 2.41. The maximum absolute atomic E-state index is 12.2. The van der Waals surface area contributed by atoms with Crippen LogP contribution in [0, 0.1) is 11.8 Å². The molecule has 1 N–H and O–H groups in total. The largest absolute Gasteiger partial charge is 0.342 e. The van der Waals surface area contributed by atoms with Crippen LogP contribution in [0.3, 0.4) is 0 Å². The molecule has 2 saturated heterocycles. The summed E-state index contributed by atoms with van der Waals surface area (Å²) in [4.78, 5) is 18.2. The molecule has 0 spiro atoms. The number of fused-ring (bicyclic) bond motifs is 1. The lowest BCUT2D eigenvalue weighted by Crippen LogP contribution is -2.43. The zero-order valence-corrected chi connectivity index (χ0v) is 10.6. The van der Waals surface area contributed by atoms with Crippen molar-refractivity contribution in [1.29, 1.82) is 0 Å². The molecule has 0 radical (unpaired) electrons. The first-order valence-electron chi connectivity index (χ1n) is 6.77. The predicted molar refractivity (Wildman–Crippen MR) is 67.9 cm³/mol. The molecule has 0 aromatic carbocycles. The van der Waals surface area contributed by atoms with E-state index in [0.717, 1.165) is 45.1 Å². The number of aromatic nitrogens is 2. The van der Waals surface area contributed by atoms with Gasteiger partial charge in [-0.05, 0) is 31.3 Å². The van der Waals surface area contributed by atoms with Crippen LogP contribution in [0.1, 0.15) is 12.8 Å². The molecule has 1 aromatic heterocycles. The van der Waals surface area contributed by atoms with Gasteiger partial charge in [-0.2, -0.15) is 0 Å². The van der Waals surface area contributed by atoms with Crippen LogP contribution in [0.25, 0.3) is 0 Å². The number of piperidine rings is 1. The number of nitrogens with one attached hydrogen (secondary N) is 1. The monoisotopic (exact) mass is 248 g/mol. The molecule has 1 amide bonds. The summed E-state index contributed by atoms with van der Waals surface area (Å²) in [5, 5.41) is 3.43. The van der Waals surface area contributed by atoms with E-state index in [0.29, 0.717) is 12.3 Å². The minimum atomic E-state index is 0.286. The van der Waals surface area contributed by atoms with E-state index in [1.165, 1.54) is 0 Å². The molecule has 2 fully saturated rings. The molecule has 2 atom stereocenters. The second kappa shape index (κ2) is 5.10. The number of carbonyl (C=O) groups is 1. The molecule has 0 saturated carbocycles. The number of rotatable bonds is 3. The number of aryl methyl sites for hydroxylation is 1. The first-order chi connectivity index (χ1) is 8.83. The summed E-state index contributed by atoms with van der Waals surface area (Å²) in [6.07, 6.45) is 7.16. The second-order valence-corrected chi connectivity index (χ2v) is 5.36. The highest BCUT2D eigenvalue weighted by Crippen LogP contribution is 2.26. The summed E-state index contributed by atoms with van der Waals surface area (Å²) in [6.45, 7) is 4.84. The lowest BCUT2D eigenvalue weighted by atomic mass is 9.88. The summed E-state index contributed by atoms with van der Waals surface area (Å²) in [6, 6.07) is 0. The van der Waals surface area contributed by atoms with Crippen LogP contribution in [0.4, 0.5) is 0 Å². The van der Waals surface area contributed by atoms with Crippen molar-refractivity contribution >= 4 is 5.91 Å². The fourth-order valence-electron chi connectivity index (χ4n) is 3.06. The Labute approximate surface area is 107 Å². The first-order valence-corrected chi connectivity index (χ1v) is 6.77. The Hall–Kier alpha value is -1.36. The van der Waals surface area contributed by atoms with E-state index in [1.807, 2.05) is 15.7 Å². The summed E-state index contributed by atoms with van der Waals surface area (Å²) in [7, 11) is 0. The molecular weight excluding hydrogens is 228 g/mol. The van der Waals surface area contributed by atoms with E-state index in [9.17, 15) is 4.79 Å². The molecule has 2 aliphatic heterocycles. The molecule has 5 nitrogen and oxygen atoms in total. The standard InChI is InChI=1S/C13H20N4O/c18-13(2-4-16-6-3-14-10-16)17-5-1-11-7-15-8-12(11)9-17/h3,6,10-12,15H,1-2,4-5,7-9H2. The summed E-state index contributed by atoms with van der Waals surface area (Å²) in [5.41, 5.74) is 0. The van der Waals surface area contributed by atoms with E-state index in [-0.39, 0.29) is 5.91 Å². The maximum atomic E-state index is 12.2. The molecule has 1 aromatic rings. The third-order valence-corrected chi connectivity index (χ3v) is 4.20. The zero-order chi connectivity index (χ0) is 12.4. The quantitative estimate of drug-likeness (QED) is 0.839. The van der Waals surface area contributed by atoms with Gasteiger partial charge in [0.2, 0.25) is 5.91 Å². The second-order valence-electron chi connectivity index (χ2n) is 5.36. The number of hydrogen-bond donors (Lipinski definition) is 1. The first kappa shape index (κ1) is 11.7. The van der Waals surface area contributed by atoms with Gasteiger partial charge >= 0.3 is 0 Å². The number of carbonyl (C=O) groups excluding carboxylic acids is 1. The molecule has 2 unspecified atom stereocenters. The predicted octanol–water partition coefficient (Wildman–Crippen LogP) is 0.341. The van der Waals surface area contributed by atoms with Crippen LogP contribution < -0.4 is 5.32 Å². The van der Waals surface area contributed by atoms with Gasteiger partial charge in [-0.25, -0.2) is 4.98 Å². The van der Waals surface area contributed by atoms with E-state index in [4.69, 9.17) is 0 Å². The number of likely N-dealkylation sites (tertiary alicyclic amines) is 1. The van der Waals surface area contributed by atoms with Crippen molar-refractivity contribution in [3.05, 3.63) is 18.7 Å². The van der Waals surface area contributed by atoms with Gasteiger partial charge in [0.1, 0.15) is 0 Å². The lowest BCUT2D eigenvalue weighted by molar-refractivity contribution is -0.133. The van der Waals surface area contributed by atoms with Crippen molar-refractivity contribution in [2.75, 3.05) is 26.2 Å². The third-order valence-electron chi connectivity index (χ3n) is 4.20. The fraction of sp³-hybridized carbons (Fsp3) is 0.692. The SMILES string of the molecule is O=C(CCn1ccnc1)N1CCC2CNCC2C1. The highest BCUT2D eigenvalue weighted by Gasteiger charge is 2.34. The van der Waals surface area contributed by atoms with Gasteiger partial charge in [0, 0.05) is 38.4 Å². The molecule has 0 aliphatic carbocycles. The average Bonchev–Trinajstić information content (AvgIpc) is 3.05. The van der Waals surface area contributed by atoms with E-state index >= 15 is 0 Å². The molecule has 98 valence electrons. The fourth-order valence-corrected chi connectivity index (χ4v) is 3.06. The van der Waals surface area contributed by atoms with Crippen LogP contribution >= 0.6 is 0 Å². The van der Waals surface area contributed by atoms with Crippen molar-refractivity contribution in [2.24, 2.45) is 11.8 Å². The van der Waals surface area contributed by atoms with Crippen LogP contribution in [-0.4, -0.2) is 46.5 Å². The highest BCUT2D eigenvalue weighted by atomic mass is 16.2. The molecule has 18 heavy (non-hydrogen) atoms. The lowest BCUT2D eigenvalue weighted by Gasteiger charge is -2.34. The number of imidazole rings is 1. The molecule has 5 heteroatoms. The van der Waals surface area contributed by atoms with Crippen LogP contribution in [0.2, 0.25) is 0 Å². The zero-order valence-electron chi connectivity index (χ0n) is 10.6. The van der Waals surface area contributed by atoms with E-state index in [1.54, 1.807) is 12.5 Å². The summed E-state index contributed by atoms with van der Waals surface area (Å²) < 4.78 is 1.96. The Morgan fingerprint density at radius 1 is 1.39 bits per heavy atom. The molecule has 0 bridgehead atoms.